The van der Waals surface area contributed by atoms with Crippen molar-refractivity contribution >= 4 is 40.0 Å². The van der Waals surface area contributed by atoms with E-state index in [1.54, 1.807) is 12.1 Å². The van der Waals surface area contributed by atoms with Crippen LogP contribution in [-0.4, -0.2) is 57.9 Å². The third-order valence-electron chi connectivity index (χ3n) is 7.17. The fourth-order valence-corrected chi connectivity index (χ4v) is 5.60. The smallest absolute Gasteiger partial charge is 0.223 e. The molecular formula is C26H28Cl2N4O. The highest BCUT2D eigenvalue weighted by Gasteiger charge is 2.32. The minimum Gasteiger partial charge on any atom is -0.341 e. The Kier molecular flexibility index (Phi) is 6.81. The van der Waals surface area contributed by atoms with Gasteiger partial charge in [0.05, 0.1) is 21.3 Å². The molecule has 7 heteroatoms. The van der Waals surface area contributed by atoms with E-state index in [9.17, 15) is 4.79 Å². The van der Waals surface area contributed by atoms with E-state index in [1.807, 2.05) is 4.90 Å². The molecule has 5 rings (SSSR count). The molecule has 3 aromatic rings. The largest absolute Gasteiger partial charge is 0.341 e. The zero-order chi connectivity index (χ0) is 22.8. The zero-order valence-corrected chi connectivity index (χ0v) is 20.1. The number of aryl methyl sites for hydroxylation is 1. The molecule has 0 spiro atoms. The Morgan fingerprint density at radius 3 is 2.52 bits per heavy atom. The summed E-state index contributed by atoms with van der Waals surface area (Å²) in [7, 11) is 0. The first kappa shape index (κ1) is 22.6. The number of nitrogens with zero attached hydrogens (tertiary/aromatic N) is 4. The fourth-order valence-electron chi connectivity index (χ4n) is 5.28. The van der Waals surface area contributed by atoms with Gasteiger partial charge in [-0.25, -0.2) is 9.97 Å². The van der Waals surface area contributed by atoms with E-state index < -0.39 is 0 Å². The number of carbonyl (C=O) groups is 1. The maximum atomic E-state index is 13.0. The van der Waals surface area contributed by atoms with Crippen molar-refractivity contribution in [3.05, 3.63) is 70.1 Å². The third-order valence-corrected chi connectivity index (χ3v) is 7.89. The molecule has 172 valence electrons. The van der Waals surface area contributed by atoms with E-state index >= 15 is 0 Å². The average molecular weight is 483 g/mol. The van der Waals surface area contributed by atoms with E-state index in [1.165, 1.54) is 24.7 Å². The molecule has 2 fully saturated rings. The summed E-state index contributed by atoms with van der Waals surface area (Å²) in [4.78, 5) is 26.3. The summed E-state index contributed by atoms with van der Waals surface area (Å²) < 4.78 is 0. The van der Waals surface area contributed by atoms with E-state index in [0.29, 0.717) is 34.8 Å². The second kappa shape index (κ2) is 9.96. The lowest BCUT2D eigenvalue weighted by Crippen LogP contribution is -2.43. The summed E-state index contributed by atoms with van der Waals surface area (Å²) in [6.07, 6.45) is 5.99. The van der Waals surface area contributed by atoms with Crippen LogP contribution in [0, 0.1) is 0 Å². The molecule has 2 aliphatic rings. The van der Waals surface area contributed by atoms with E-state index in [2.05, 4.69) is 45.2 Å². The normalized spacial score (nSPS) is 19.9. The molecule has 0 N–H and O–H groups in total. The van der Waals surface area contributed by atoms with Gasteiger partial charge in [0, 0.05) is 30.9 Å². The third kappa shape index (κ3) is 5.01. The predicted octanol–water partition coefficient (Wildman–Crippen LogP) is 5.35. The van der Waals surface area contributed by atoms with Crippen LogP contribution in [-0.2, 0) is 11.2 Å². The van der Waals surface area contributed by atoms with Gasteiger partial charge in [-0.1, -0.05) is 53.5 Å². The molecule has 3 heterocycles. The van der Waals surface area contributed by atoms with E-state index in [4.69, 9.17) is 23.2 Å². The number of amides is 1. The van der Waals surface area contributed by atoms with Crippen LogP contribution in [0.15, 0.2) is 48.8 Å². The van der Waals surface area contributed by atoms with Crippen LogP contribution in [0.2, 0.25) is 10.0 Å². The first-order valence-electron chi connectivity index (χ1n) is 11.7. The molecule has 33 heavy (non-hydrogen) atoms. The van der Waals surface area contributed by atoms with Crippen molar-refractivity contribution in [2.24, 2.45) is 0 Å². The van der Waals surface area contributed by atoms with Crippen molar-refractivity contribution in [1.29, 1.82) is 0 Å². The first-order valence-corrected chi connectivity index (χ1v) is 12.5. The van der Waals surface area contributed by atoms with Crippen molar-refractivity contribution in [3.8, 4) is 0 Å². The maximum Gasteiger partial charge on any atom is 0.223 e. The molecular weight excluding hydrogens is 455 g/mol. The topological polar surface area (TPSA) is 49.3 Å². The van der Waals surface area contributed by atoms with Crippen LogP contribution in [0.4, 0.5) is 0 Å². The van der Waals surface area contributed by atoms with Crippen LogP contribution < -0.4 is 0 Å². The number of benzene rings is 2. The maximum absolute atomic E-state index is 13.0. The van der Waals surface area contributed by atoms with E-state index in [0.717, 1.165) is 49.2 Å². The number of fused-ring (bicyclic) bond motifs is 1. The van der Waals surface area contributed by atoms with Crippen molar-refractivity contribution in [3.63, 3.8) is 0 Å². The number of likely N-dealkylation sites (tertiary alicyclic amines) is 2. The number of halogens is 2. The van der Waals surface area contributed by atoms with Crippen molar-refractivity contribution in [1.82, 2.24) is 19.8 Å². The Balaban J connectivity index is 1.14. The second-order valence-corrected chi connectivity index (χ2v) is 9.92. The van der Waals surface area contributed by atoms with Gasteiger partial charge >= 0.3 is 0 Å². The quantitative estimate of drug-likeness (QED) is 0.491. The number of rotatable bonds is 5. The van der Waals surface area contributed by atoms with Gasteiger partial charge in [0.2, 0.25) is 5.91 Å². The summed E-state index contributed by atoms with van der Waals surface area (Å²) in [6, 6.07) is 14.9. The van der Waals surface area contributed by atoms with Gasteiger partial charge in [0.15, 0.2) is 0 Å². The Morgan fingerprint density at radius 2 is 1.73 bits per heavy atom. The summed E-state index contributed by atoms with van der Waals surface area (Å²) in [5.41, 5.74) is 3.05. The fraction of sp³-hybridized carbons (Fsp3) is 0.423. The molecule has 5 nitrogen and oxygen atoms in total. The Hall–Kier alpha value is -2.21. The molecule has 1 atom stereocenters. The molecule has 1 unspecified atom stereocenters. The summed E-state index contributed by atoms with van der Waals surface area (Å²) in [5.74, 6) is 0.858. The Labute approximate surface area is 204 Å². The highest BCUT2D eigenvalue weighted by Crippen LogP contribution is 2.31. The van der Waals surface area contributed by atoms with Crippen LogP contribution in [0.25, 0.3) is 10.9 Å². The first-order chi connectivity index (χ1) is 16.1. The molecule has 0 saturated carbocycles. The monoisotopic (exact) mass is 482 g/mol. The number of piperidine rings is 1. The van der Waals surface area contributed by atoms with Crippen molar-refractivity contribution in [2.75, 3.05) is 26.2 Å². The Morgan fingerprint density at radius 1 is 0.970 bits per heavy atom. The lowest BCUT2D eigenvalue weighted by molar-refractivity contribution is -0.130. The number of hydrogen-bond donors (Lipinski definition) is 0. The number of aromatic nitrogens is 2. The molecule has 0 radical (unpaired) electrons. The number of hydrogen-bond acceptors (Lipinski definition) is 4. The molecule has 0 bridgehead atoms. The van der Waals surface area contributed by atoms with Gasteiger partial charge in [0.1, 0.15) is 6.33 Å². The van der Waals surface area contributed by atoms with Crippen LogP contribution in [0.5, 0.6) is 0 Å². The molecule has 0 aliphatic carbocycles. The number of carbonyl (C=O) groups excluding carboxylic acids is 1. The van der Waals surface area contributed by atoms with Crippen molar-refractivity contribution < 1.29 is 4.79 Å². The van der Waals surface area contributed by atoms with Gasteiger partial charge < -0.3 is 4.90 Å². The van der Waals surface area contributed by atoms with Crippen LogP contribution >= 0.6 is 23.2 Å². The van der Waals surface area contributed by atoms with Gasteiger partial charge in [-0.2, -0.15) is 0 Å². The van der Waals surface area contributed by atoms with Crippen LogP contribution in [0.3, 0.4) is 0 Å². The lowest BCUT2D eigenvalue weighted by Gasteiger charge is -2.36. The van der Waals surface area contributed by atoms with Crippen molar-refractivity contribution in [2.45, 2.75) is 44.1 Å². The minimum absolute atomic E-state index is 0.198. The molecule has 1 aromatic heterocycles. The average Bonchev–Trinajstić information content (AvgIpc) is 3.34. The SMILES string of the molecule is O=C(CCc1ncnc2cc(Cl)c(Cl)cc12)N1CCC(N2CCC(c3ccccc3)CC2)C1. The molecule has 2 aromatic carbocycles. The second-order valence-electron chi connectivity index (χ2n) is 9.11. The molecule has 2 aliphatic heterocycles. The zero-order valence-electron chi connectivity index (χ0n) is 18.6. The van der Waals surface area contributed by atoms with Crippen LogP contribution in [0.1, 0.15) is 42.9 Å². The van der Waals surface area contributed by atoms with E-state index in [-0.39, 0.29) is 5.91 Å². The highest BCUT2D eigenvalue weighted by atomic mass is 35.5. The lowest BCUT2D eigenvalue weighted by atomic mass is 9.89. The molecule has 2 saturated heterocycles. The summed E-state index contributed by atoms with van der Waals surface area (Å²) >= 11 is 12.3. The van der Waals surface area contributed by atoms with Gasteiger partial charge in [0.25, 0.3) is 0 Å². The summed E-state index contributed by atoms with van der Waals surface area (Å²) in [6.45, 7) is 3.90. The predicted molar refractivity (Wildman–Crippen MR) is 133 cm³/mol. The van der Waals surface area contributed by atoms with Gasteiger partial charge in [-0.3, -0.25) is 9.69 Å². The summed E-state index contributed by atoms with van der Waals surface area (Å²) in [5, 5.41) is 1.81. The highest BCUT2D eigenvalue weighted by molar-refractivity contribution is 6.42. The van der Waals surface area contributed by atoms with Gasteiger partial charge in [-0.05, 0) is 62.4 Å². The standard InChI is InChI=1S/C26H28Cl2N4O/c27-22-14-21-24(29-17-30-25(21)15-23(22)28)6-7-26(33)32-13-10-20(16-32)31-11-8-19(9-12-31)18-4-2-1-3-5-18/h1-5,14-15,17,19-20H,6-13,16H2. The molecule has 1 amide bonds. The van der Waals surface area contributed by atoms with Gasteiger partial charge in [-0.15, -0.1) is 0 Å². The minimum atomic E-state index is 0.198. The Bertz CT molecular complexity index is 1130.